The van der Waals surface area contributed by atoms with Crippen LogP contribution < -0.4 is 20.5 Å². The van der Waals surface area contributed by atoms with Crippen LogP contribution in [-0.4, -0.2) is 31.7 Å². The Balaban J connectivity index is 2.35. The van der Waals surface area contributed by atoms with Crippen LogP contribution in [0.25, 0.3) is 0 Å². The maximum atomic E-state index is 11.5. The summed E-state index contributed by atoms with van der Waals surface area (Å²) in [7, 11) is 1.62. The number of hydrogen-bond donors (Lipinski definition) is 2. The van der Waals surface area contributed by atoms with E-state index < -0.39 is 5.54 Å². The Bertz CT molecular complexity index is 451. The summed E-state index contributed by atoms with van der Waals surface area (Å²) >= 11 is 0. The molecular weight excluding hydrogens is 268 g/mol. The molecule has 0 saturated carbocycles. The maximum absolute atomic E-state index is 11.5. The van der Waals surface area contributed by atoms with Crippen LogP contribution in [0.2, 0.25) is 0 Å². The normalized spacial score (nSPS) is 13.5. The van der Waals surface area contributed by atoms with Crippen LogP contribution in [0.15, 0.2) is 24.3 Å². The topological polar surface area (TPSA) is 73.6 Å². The van der Waals surface area contributed by atoms with Crippen molar-refractivity contribution in [3.8, 4) is 11.5 Å². The third kappa shape index (κ3) is 5.27. The number of primary amides is 1. The number of nitrogens with one attached hydrogen (secondary N) is 1. The molecule has 0 bridgehead atoms. The van der Waals surface area contributed by atoms with Gasteiger partial charge in [-0.1, -0.05) is 19.1 Å². The van der Waals surface area contributed by atoms with E-state index in [0.29, 0.717) is 13.0 Å². The fourth-order valence-corrected chi connectivity index (χ4v) is 2.19. The third-order valence-corrected chi connectivity index (χ3v) is 3.51. The van der Waals surface area contributed by atoms with Gasteiger partial charge in [0.1, 0.15) is 0 Å². The van der Waals surface area contributed by atoms with Crippen LogP contribution in [0.5, 0.6) is 11.5 Å². The Morgan fingerprint density at radius 2 is 1.95 bits per heavy atom. The maximum Gasteiger partial charge on any atom is 0.237 e. The van der Waals surface area contributed by atoms with E-state index in [2.05, 4.69) is 5.32 Å². The van der Waals surface area contributed by atoms with Gasteiger partial charge in [0.2, 0.25) is 5.91 Å². The second-order valence-electron chi connectivity index (χ2n) is 5.18. The first kappa shape index (κ1) is 17.3. The molecule has 0 aliphatic heterocycles. The van der Waals surface area contributed by atoms with Crippen molar-refractivity contribution < 1.29 is 14.3 Å². The van der Waals surface area contributed by atoms with Crippen molar-refractivity contribution in [1.29, 1.82) is 0 Å². The van der Waals surface area contributed by atoms with Gasteiger partial charge in [0.15, 0.2) is 11.5 Å². The van der Waals surface area contributed by atoms with Gasteiger partial charge < -0.3 is 20.5 Å². The predicted molar refractivity (Wildman–Crippen MR) is 83.6 cm³/mol. The van der Waals surface area contributed by atoms with Crippen molar-refractivity contribution in [2.75, 3.05) is 20.3 Å². The van der Waals surface area contributed by atoms with E-state index in [-0.39, 0.29) is 5.91 Å². The molecule has 1 aromatic rings. The van der Waals surface area contributed by atoms with E-state index in [1.165, 1.54) is 0 Å². The summed E-state index contributed by atoms with van der Waals surface area (Å²) in [6, 6.07) is 7.56. The molecule has 1 amide bonds. The van der Waals surface area contributed by atoms with Gasteiger partial charge in [-0.2, -0.15) is 0 Å². The first-order valence-electron chi connectivity index (χ1n) is 7.34. The minimum Gasteiger partial charge on any atom is -0.493 e. The number of ether oxygens (including phenoxy) is 2. The number of hydrogen-bond acceptors (Lipinski definition) is 4. The van der Waals surface area contributed by atoms with Crippen molar-refractivity contribution >= 4 is 5.91 Å². The van der Waals surface area contributed by atoms with Gasteiger partial charge in [0, 0.05) is 0 Å². The van der Waals surface area contributed by atoms with E-state index in [1.54, 1.807) is 7.11 Å². The molecule has 5 nitrogen and oxygen atoms in total. The lowest BCUT2D eigenvalue weighted by Crippen LogP contribution is -2.53. The number of amides is 1. The molecule has 1 rings (SSSR count). The molecular formula is C16H26N2O3. The van der Waals surface area contributed by atoms with E-state index >= 15 is 0 Å². The monoisotopic (exact) mass is 294 g/mol. The summed E-state index contributed by atoms with van der Waals surface area (Å²) in [5.74, 6) is 1.16. The fraction of sp³-hybridized carbons (Fsp3) is 0.562. The standard InChI is InChI=1S/C16H26N2O3/c1-4-18-16(2,15(17)19)11-7-8-12-21-14-10-6-5-9-13(14)20-3/h5-6,9-10,18H,4,7-8,11-12H2,1-3H3,(H2,17,19). The first-order valence-corrected chi connectivity index (χ1v) is 7.34. The summed E-state index contributed by atoms with van der Waals surface area (Å²) in [4.78, 5) is 11.5. The molecule has 0 radical (unpaired) electrons. The molecule has 0 spiro atoms. The van der Waals surface area contributed by atoms with E-state index in [0.717, 1.165) is 30.9 Å². The van der Waals surface area contributed by atoms with Crippen molar-refractivity contribution in [2.45, 2.75) is 38.6 Å². The zero-order valence-electron chi connectivity index (χ0n) is 13.1. The lowest BCUT2D eigenvalue weighted by Gasteiger charge is -2.26. The van der Waals surface area contributed by atoms with Gasteiger partial charge in [-0.15, -0.1) is 0 Å². The Morgan fingerprint density at radius 1 is 1.29 bits per heavy atom. The zero-order chi connectivity index (χ0) is 15.7. The first-order chi connectivity index (χ1) is 10.0. The number of methoxy groups -OCH3 is 1. The summed E-state index contributed by atoms with van der Waals surface area (Å²) in [5, 5.41) is 3.15. The Kier molecular flexibility index (Phi) is 7.02. The highest BCUT2D eigenvalue weighted by molar-refractivity contribution is 5.84. The highest BCUT2D eigenvalue weighted by atomic mass is 16.5. The van der Waals surface area contributed by atoms with Crippen molar-refractivity contribution in [3.63, 3.8) is 0 Å². The van der Waals surface area contributed by atoms with Crippen LogP contribution in [0.1, 0.15) is 33.1 Å². The average Bonchev–Trinajstić information content (AvgIpc) is 2.47. The van der Waals surface area contributed by atoms with Crippen LogP contribution >= 0.6 is 0 Å². The number of unbranched alkanes of at least 4 members (excludes halogenated alkanes) is 1. The Hall–Kier alpha value is -1.75. The second-order valence-corrected chi connectivity index (χ2v) is 5.18. The molecule has 0 aliphatic rings. The van der Waals surface area contributed by atoms with Crippen LogP contribution in [0, 0.1) is 0 Å². The number of likely N-dealkylation sites (N-methyl/N-ethyl adjacent to an activating group) is 1. The molecule has 1 atom stereocenters. The molecule has 118 valence electrons. The third-order valence-electron chi connectivity index (χ3n) is 3.51. The molecule has 5 heteroatoms. The van der Waals surface area contributed by atoms with Gasteiger partial charge in [-0.05, 0) is 44.9 Å². The molecule has 1 aromatic carbocycles. The van der Waals surface area contributed by atoms with Crippen molar-refractivity contribution in [3.05, 3.63) is 24.3 Å². The number of nitrogens with two attached hydrogens (primary N) is 1. The summed E-state index contributed by atoms with van der Waals surface area (Å²) in [6.07, 6.45) is 2.42. The minimum atomic E-state index is -0.640. The lowest BCUT2D eigenvalue weighted by molar-refractivity contribution is -0.124. The van der Waals surface area contributed by atoms with Crippen molar-refractivity contribution in [1.82, 2.24) is 5.32 Å². The minimum absolute atomic E-state index is 0.310. The van der Waals surface area contributed by atoms with E-state index in [1.807, 2.05) is 38.1 Å². The molecule has 0 aliphatic carbocycles. The number of carbonyl (C=O) groups excluding carboxylic acids is 1. The molecule has 0 aromatic heterocycles. The van der Waals surface area contributed by atoms with Crippen LogP contribution in [-0.2, 0) is 4.79 Å². The lowest BCUT2D eigenvalue weighted by atomic mass is 9.94. The zero-order valence-corrected chi connectivity index (χ0v) is 13.1. The smallest absolute Gasteiger partial charge is 0.237 e. The molecule has 3 N–H and O–H groups in total. The summed E-state index contributed by atoms with van der Waals surface area (Å²) in [5.41, 5.74) is 4.81. The second kappa shape index (κ2) is 8.52. The molecule has 0 fully saturated rings. The average molecular weight is 294 g/mol. The largest absolute Gasteiger partial charge is 0.493 e. The molecule has 1 unspecified atom stereocenters. The fourth-order valence-electron chi connectivity index (χ4n) is 2.19. The van der Waals surface area contributed by atoms with Gasteiger partial charge in [-0.3, -0.25) is 4.79 Å². The van der Waals surface area contributed by atoms with E-state index in [4.69, 9.17) is 15.2 Å². The number of benzene rings is 1. The number of carbonyl (C=O) groups is 1. The van der Waals surface area contributed by atoms with Gasteiger partial charge in [-0.25, -0.2) is 0 Å². The highest BCUT2D eigenvalue weighted by Gasteiger charge is 2.28. The van der Waals surface area contributed by atoms with Crippen molar-refractivity contribution in [2.24, 2.45) is 5.73 Å². The highest BCUT2D eigenvalue weighted by Crippen LogP contribution is 2.26. The summed E-state index contributed by atoms with van der Waals surface area (Å²) < 4.78 is 10.9. The summed E-state index contributed by atoms with van der Waals surface area (Å²) in [6.45, 7) is 5.12. The molecule has 0 heterocycles. The van der Waals surface area contributed by atoms with Gasteiger partial charge in [0.25, 0.3) is 0 Å². The number of para-hydroxylation sites is 2. The van der Waals surface area contributed by atoms with Crippen LogP contribution in [0.4, 0.5) is 0 Å². The predicted octanol–water partition coefficient (Wildman–Crippen LogP) is 2.10. The quantitative estimate of drug-likeness (QED) is 0.648. The Labute approximate surface area is 126 Å². The van der Waals surface area contributed by atoms with Gasteiger partial charge in [0.05, 0.1) is 19.3 Å². The molecule has 0 saturated heterocycles. The van der Waals surface area contributed by atoms with Crippen LogP contribution in [0.3, 0.4) is 0 Å². The Morgan fingerprint density at radius 3 is 2.52 bits per heavy atom. The SMILES string of the molecule is CCNC(C)(CCCCOc1ccccc1OC)C(N)=O. The van der Waals surface area contributed by atoms with Gasteiger partial charge >= 0.3 is 0 Å². The molecule has 21 heavy (non-hydrogen) atoms. The number of rotatable bonds is 10. The van der Waals surface area contributed by atoms with E-state index in [9.17, 15) is 4.79 Å².